The number of hydrogen-bond acceptors (Lipinski definition) is 5. The fourth-order valence-corrected chi connectivity index (χ4v) is 4.40. The molecule has 3 heterocycles. The van der Waals surface area contributed by atoms with Crippen LogP contribution in [0.4, 0.5) is 0 Å². The molecule has 0 radical (unpaired) electrons. The summed E-state index contributed by atoms with van der Waals surface area (Å²) in [6.45, 7) is 0.858. The summed E-state index contributed by atoms with van der Waals surface area (Å²) in [6, 6.07) is 2.91. The van der Waals surface area contributed by atoms with Gasteiger partial charge < -0.3 is 10.2 Å². The molecule has 23 heavy (non-hydrogen) atoms. The number of likely N-dealkylation sites (tertiary alicyclic amines) is 1. The molecule has 0 saturated carbocycles. The maximum Gasteiger partial charge on any atom is 0.244 e. The molecule has 1 unspecified atom stereocenters. The van der Waals surface area contributed by atoms with E-state index in [0.717, 1.165) is 0 Å². The first-order valence-corrected chi connectivity index (χ1v) is 8.78. The highest BCUT2D eigenvalue weighted by Crippen LogP contribution is 2.28. The van der Waals surface area contributed by atoms with Gasteiger partial charge in [-0.1, -0.05) is 0 Å². The number of aromatic nitrogens is 1. The van der Waals surface area contributed by atoms with Crippen molar-refractivity contribution in [1.82, 2.24) is 19.5 Å². The van der Waals surface area contributed by atoms with E-state index in [2.05, 4.69) is 10.3 Å². The molecule has 0 spiro atoms. The van der Waals surface area contributed by atoms with Crippen LogP contribution in [0, 0.1) is 5.92 Å². The number of hydrogen-bond donors (Lipinski definition) is 1. The van der Waals surface area contributed by atoms with E-state index in [4.69, 9.17) is 0 Å². The molecule has 2 fully saturated rings. The Morgan fingerprint density at radius 2 is 2.09 bits per heavy atom. The van der Waals surface area contributed by atoms with Crippen molar-refractivity contribution in [1.29, 1.82) is 0 Å². The van der Waals surface area contributed by atoms with E-state index >= 15 is 0 Å². The normalized spacial score (nSPS) is 22.9. The number of nitrogens with zero attached hydrogens (tertiary/aromatic N) is 3. The quantitative estimate of drug-likeness (QED) is 0.763. The molecule has 2 aliphatic rings. The van der Waals surface area contributed by atoms with E-state index < -0.39 is 10.0 Å². The Kier molecular flexibility index (Phi) is 4.07. The lowest BCUT2D eigenvalue weighted by Crippen LogP contribution is -2.61. The minimum absolute atomic E-state index is 0.0953. The van der Waals surface area contributed by atoms with Crippen LogP contribution in [0.1, 0.15) is 6.42 Å². The molecular formula is C14H18N4O4S. The van der Waals surface area contributed by atoms with Crippen LogP contribution in [-0.4, -0.2) is 67.1 Å². The fourth-order valence-electron chi connectivity index (χ4n) is 2.92. The zero-order valence-corrected chi connectivity index (χ0v) is 13.5. The van der Waals surface area contributed by atoms with Crippen LogP contribution in [0.3, 0.4) is 0 Å². The Labute approximate surface area is 134 Å². The highest BCUT2D eigenvalue weighted by atomic mass is 32.2. The minimum atomic E-state index is -3.56. The Bertz CT molecular complexity index is 716. The van der Waals surface area contributed by atoms with Crippen LogP contribution in [0.5, 0.6) is 0 Å². The molecule has 2 saturated heterocycles. The second-order valence-electron chi connectivity index (χ2n) is 5.73. The predicted octanol–water partition coefficient (Wildman–Crippen LogP) is -0.951. The highest BCUT2D eigenvalue weighted by Gasteiger charge is 2.45. The summed E-state index contributed by atoms with van der Waals surface area (Å²) < 4.78 is 26.1. The second-order valence-corrected chi connectivity index (χ2v) is 7.66. The SMILES string of the molecule is CNC(=O)C1CC(=O)N(C2CN(S(=O)(=O)c3cccnc3)C2)C1. The van der Waals surface area contributed by atoms with E-state index in [0.29, 0.717) is 6.54 Å². The first kappa shape index (κ1) is 15.9. The van der Waals surface area contributed by atoms with Crippen LogP contribution in [0.25, 0.3) is 0 Å². The molecule has 1 atom stereocenters. The van der Waals surface area contributed by atoms with Gasteiger partial charge in [0.2, 0.25) is 21.8 Å². The second kappa shape index (κ2) is 5.89. The van der Waals surface area contributed by atoms with Crippen molar-refractivity contribution in [2.24, 2.45) is 5.92 Å². The third-order valence-electron chi connectivity index (χ3n) is 4.32. The summed E-state index contributed by atoms with van der Waals surface area (Å²) in [4.78, 5) is 29.3. The molecule has 1 aromatic heterocycles. The summed E-state index contributed by atoms with van der Waals surface area (Å²) in [5.74, 6) is -0.599. The monoisotopic (exact) mass is 338 g/mol. The zero-order chi connectivity index (χ0) is 16.6. The van der Waals surface area contributed by atoms with Crippen molar-refractivity contribution < 1.29 is 18.0 Å². The van der Waals surface area contributed by atoms with E-state index in [-0.39, 0.29) is 48.2 Å². The summed E-state index contributed by atoms with van der Waals surface area (Å²) >= 11 is 0. The average Bonchev–Trinajstić information content (AvgIpc) is 2.87. The van der Waals surface area contributed by atoms with Crippen molar-refractivity contribution in [3.63, 3.8) is 0 Å². The molecule has 0 bridgehead atoms. The molecule has 124 valence electrons. The Balaban J connectivity index is 1.63. The molecule has 8 nitrogen and oxygen atoms in total. The standard InChI is InChI=1S/C14H18N4O4S/c1-15-14(20)10-5-13(19)18(7-10)11-8-17(9-11)23(21,22)12-3-2-4-16-6-12/h2-4,6,10-11H,5,7-9H2,1H3,(H,15,20). The van der Waals surface area contributed by atoms with Gasteiger partial charge >= 0.3 is 0 Å². The van der Waals surface area contributed by atoms with Gasteiger partial charge in [-0.2, -0.15) is 4.31 Å². The Hall–Kier alpha value is -2.00. The van der Waals surface area contributed by atoms with Gasteiger partial charge in [-0.25, -0.2) is 8.42 Å². The van der Waals surface area contributed by atoms with Crippen molar-refractivity contribution in [3.8, 4) is 0 Å². The largest absolute Gasteiger partial charge is 0.359 e. The number of sulfonamides is 1. The van der Waals surface area contributed by atoms with Gasteiger partial charge in [0.05, 0.1) is 12.0 Å². The van der Waals surface area contributed by atoms with Crippen LogP contribution in [0.15, 0.2) is 29.4 Å². The third kappa shape index (κ3) is 2.81. The molecule has 2 aliphatic heterocycles. The number of carbonyl (C=O) groups is 2. The first-order valence-electron chi connectivity index (χ1n) is 7.34. The Morgan fingerprint density at radius 3 is 2.70 bits per heavy atom. The lowest BCUT2D eigenvalue weighted by molar-refractivity contribution is -0.132. The fraction of sp³-hybridized carbons (Fsp3) is 0.500. The maximum absolute atomic E-state index is 12.4. The minimum Gasteiger partial charge on any atom is -0.359 e. The van der Waals surface area contributed by atoms with Crippen molar-refractivity contribution in [3.05, 3.63) is 24.5 Å². The van der Waals surface area contributed by atoms with E-state index in [1.807, 2.05) is 0 Å². The summed E-state index contributed by atoms with van der Waals surface area (Å²) in [7, 11) is -2.02. The molecule has 2 amide bonds. The molecule has 9 heteroatoms. The number of pyridine rings is 1. The summed E-state index contributed by atoms with van der Waals surface area (Å²) in [5.41, 5.74) is 0. The zero-order valence-electron chi connectivity index (χ0n) is 12.7. The predicted molar refractivity (Wildman–Crippen MR) is 80.7 cm³/mol. The van der Waals surface area contributed by atoms with Crippen LogP contribution in [-0.2, 0) is 19.6 Å². The van der Waals surface area contributed by atoms with Crippen LogP contribution in [0.2, 0.25) is 0 Å². The molecule has 0 aromatic carbocycles. The molecule has 1 aromatic rings. The van der Waals surface area contributed by atoms with E-state index in [1.165, 1.54) is 22.8 Å². The lowest BCUT2D eigenvalue weighted by Gasteiger charge is -2.42. The molecule has 3 rings (SSSR count). The van der Waals surface area contributed by atoms with E-state index in [1.54, 1.807) is 18.0 Å². The van der Waals surface area contributed by atoms with E-state index in [9.17, 15) is 18.0 Å². The topological polar surface area (TPSA) is 99.7 Å². The molecular weight excluding hydrogens is 320 g/mol. The summed E-state index contributed by atoms with van der Waals surface area (Å²) in [5, 5.41) is 2.55. The lowest BCUT2D eigenvalue weighted by atomic mass is 10.1. The van der Waals surface area contributed by atoms with Gasteiger partial charge in [-0.05, 0) is 12.1 Å². The average molecular weight is 338 g/mol. The van der Waals surface area contributed by atoms with Gasteiger partial charge in [0.15, 0.2) is 0 Å². The number of amides is 2. The highest BCUT2D eigenvalue weighted by molar-refractivity contribution is 7.89. The molecule has 1 N–H and O–H groups in total. The van der Waals surface area contributed by atoms with Gasteiger partial charge in [-0.3, -0.25) is 14.6 Å². The van der Waals surface area contributed by atoms with Crippen molar-refractivity contribution in [2.75, 3.05) is 26.7 Å². The molecule has 0 aliphatic carbocycles. The van der Waals surface area contributed by atoms with Gasteiger partial charge in [0.1, 0.15) is 4.90 Å². The smallest absolute Gasteiger partial charge is 0.244 e. The summed E-state index contributed by atoms with van der Waals surface area (Å²) in [6.07, 6.45) is 3.01. The van der Waals surface area contributed by atoms with Crippen molar-refractivity contribution in [2.45, 2.75) is 17.4 Å². The number of rotatable bonds is 4. The number of nitrogens with one attached hydrogen (secondary N) is 1. The van der Waals surface area contributed by atoms with Gasteiger partial charge in [0, 0.05) is 45.5 Å². The van der Waals surface area contributed by atoms with Crippen LogP contribution >= 0.6 is 0 Å². The van der Waals surface area contributed by atoms with Crippen LogP contribution < -0.4 is 5.32 Å². The Morgan fingerprint density at radius 1 is 1.35 bits per heavy atom. The number of carbonyl (C=O) groups excluding carboxylic acids is 2. The van der Waals surface area contributed by atoms with Gasteiger partial charge in [-0.15, -0.1) is 0 Å². The van der Waals surface area contributed by atoms with Gasteiger partial charge in [0.25, 0.3) is 0 Å². The third-order valence-corrected chi connectivity index (χ3v) is 6.13. The first-order chi connectivity index (χ1) is 10.9. The van der Waals surface area contributed by atoms with Crippen molar-refractivity contribution >= 4 is 21.8 Å². The maximum atomic E-state index is 12.4.